The van der Waals surface area contributed by atoms with Crippen molar-refractivity contribution in [3.8, 4) is 0 Å². The molecular weight excluding hydrogens is 284 g/mol. The van der Waals surface area contributed by atoms with E-state index in [4.69, 9.17) is 5.73 Å². The minimum absolute atomic E-state index is 0.0548. The highest BCUT2D eigenvalue weighted by molar-refractivity contribution is 5.81. The minimum atomic E-state index is -0.409. The van der Waals surface area contributed by atoms with Crippen LogP contribution in [0.3, 0.4) is 0 Å². The van der Waals surface area contributed by atoms with Gasteiger partial charge in [-0.25, -0.2) is 0 Å². The monoisotopic (exact) mass is 310 g/mol. The number of benzene rings is 2. The summed E-state index contributed by atoms with van der Waals surface area (Å²) < 4.78 is 0. The lowest BCUT2D eigenvalue weighted by molar-refractivity contribution is -0.122. The van der Waals surface area contributed by atoms with Gasteiger partial charge in [-0.2, -0.15) is 0 Å². The lowest BCUT2D eigenvalue weighted by atomic mass is 9.92. The zero-order valence-electron chi connectivity index (χ0n) is 13.7. The van der Waals surface area contributed by atoms with Crippen LogP contribution in [-0.2, 0) is 11.2 Å². The van der Waals surface area contributed by atoms with Crippen molar-refractivity contribution in [2.45, 2.75) is 38.1 Å². The Balaban J connectivity index is 2.04. The molecule has 2 atom stereocenters. The van der Waals surface area contributed by atoms with Gasteiger partial charge in [-0.15, -0.1) is 0 Å². The first-order valence-corrected chi connectivity index (χ1v) is 8.33. The average molecular weight is 310 g/mol. The molecule has 0 aliphatic carbocycles. The smallest absolute Gasteiger partial charge is 0.236 e. The number of rotatable bonds is 8. The Kier molecular flexibility index (Phi) is 6.82. The molecule has 0 heterocycles. The van der Waals surface area contributed by atoms with Crippen molar-refractivity contribution in [1.82, 2.24) is 5.32 Å². The highest BCUT2D eigenvalue weighted by Crippen LogP contribution is 2.20. The molecule has 1 amide bonds. The molecule has 0 aliphatic rings. The van der Waals surface area contributed by atoms with Crippen molar-refractivity contribution in [3.63, 3.8) is 0 Å². The van der Waals surface area contributed by atoms with Gasteiger partial charge < -0.3 is 11.1 Å². The SMILES string of the molecule is CCCC(N)C(=O)NCC(Cc1ccccc1)c1ccccc1. The van der Waals surface area contributed by atoms with Crippen molar-refractivity contribution in [3.05, 3.63) is 71.8 Å². The lowest BCUT2D eigenvalue weighted by Gasteiger charge is -2.20. The van der Waals surface area contributed by atoms with Gasteiger partial charge in [-0.1, -0.05) is 74.0 Å². The number of amides is 1. The van der Waals surface area contributed by atoms with Crippen LogP contribution in [0.15, 0.2) is 60.7 Å². The Morgan fingerprint density at radius 1 is 1.04 bits per heavy atom. The maximum Gasteiger partial charge on any atom is 0.236 e. The van der Waals surface area contributed by atoms with E-state index in [-0.39, 0.29) is 11.8 Å². The van der Waals surface area contributed by atoms with Crippen LogP contribution in [0.25, 0.3) is 0 Å². The summed E-state index contributed by atoms with van der Waals surface area (Å²) in [5, 5.41) is 3.02. The largest absolute Gasteiger partial charge is 0.354 e. The van der Waals surface area contributed by atoms with E-state index in [1.807, 2.05) is 43.3 Å². The third-order valence-electron chi connectivity index (χ3n) is 4.06. The molecule has 2 unspecified atom stereocenters. The second kappa shape index (κ2) is 9.11. The number of hydrogen-bond donors (Lipinski definition) is 2. The fourth-order valence-corrected chi connectivity index (χ4v) is 2.73. The molecule has 23 heavy (non-hydrogen) atoms. The summed E-state index contributed by atoms with van der Waals surface area (Å²) in [6.45, 7) is 2.64. The Morgan fingerprint density at radius 2 is 1.65 bits per heavy atom. The normalized spacial score (nSPS) is 13.3. The van der Waals surface area contributed by atoms with Crippen molar-refractivity contribution in [1.29, 1.82) is 0 Å². The molecule has 2 aromatic rings. The third-order valence-corrected chi connectivity index (χ3v) is 4.06. The van der Waals surface area contributed by atoms with Crippen molar-refractivity contribution < 1.29 is 4.79 Å². The second-order valence-corrected chi connectivity index (χ2v) is 5.94. The molecule has 0 bridgehead atoms. The van der Waals surface area contributed by atoms with Crippen LogP contribution in [0, 0.1) is 0 Å². The molecule has 2 rings (SSSR count). The average Bonchev–Trinajstić information content (AvgIpc) is 2.60. The summed E-state index contributed by atoms with van der Waals surface area (Å²) in [5.41, 5.74) is 8.40. The Morgan fingerprint density at radius 3 is 2.26 bits per heavy atom. The van der Waals surface area contributed by atoms with Gasteiger partial charge in [0, 0.05) is 12.5 Å². The molecule has 3 nitrogen and oxygen atoms in total. The molecule has 0 aliphatic heterocycles. The molecule has 122 valence electrons. The molecule has 0 aromatic heterocycles. The van der Waals surface area contributed by atoms with Gasteiger partial charge in [0.15, 0.2) is 0 Å². The van der Waals surface area contributed by atoms with Crippen LogP contribution in [0.4, 0.5) is 0 Å². The zero-order valence-corrected chi connectivity index (χ0v) is 13.7. The van der Waals surface area contributed by atoms with Crippen LogP contribution in [0.1, 0.15) is 36.8 Å². The van der Waals surface area contributed by atoms with Crippen LogP contribution < -0.4 is 11.1 Å². The third kappa shape index (κ3) is 5.53. The van der Waals surface area contributed by atoms with E-state index in [9.17, 15) is 4.79 Å². The van der Waals surface area contributed by atoms with E-state index in [0.717, 1.165) is 19.3 Å². The van der Waals surface area contributed by atoms with E-state index in [2.05, 4.69) is 29.6 Å². The van der Waals surface area contributed by atoms with E-state index >= 15 is 0 Å². The predicted molar refractivity (Wildman–Crippen MR) is 95.2 cm³/mol. The second-order valence-electron chi connectivity index (χ2n) is 5.94. The summed E-state index contributed by atoms with van der Waals surface area (Å²) in [6.07, 6.45) is 2.54. The zero-order chi connectivity index (χ0) is 16.5. The Hall–Kier alpha value is -2.13. The predicted octanol–water partition coefficient (Wildman–Crippen LogP) is 3.26. The fourth-order valence-electron chi connectivity index (χ4n) is 2.73. The number of hydrogen-bond acceptors (Lipinski definition) is 2. The number of carbonyl (C=O) groups is 1. The highest BCUT2D eigenvalue weighted by Gasteiger charge is 2.16. The molecule has 0 saturated carbocycles. The van der Waals surface area contributed by atoms with Gasteiger partial charge >= 0.3 is 0 Å². The summed E-state index contributed by atoms with van der Waals surface area (Å²) in [7, 11) is 0. The number of carbonyl (C=O) groups excluding carboxylic acids is 1. The first-order valence-electron chi connectivity index (χ1n) is 8.33. The van der Waals surface area contributed by atoms with Gasteiger partial charge in [0.2, 0.25) is 5.91 Å². The maximum absolute atomic E-state index is 12.1. The van der Waals surface area contributed by atoms with Gasteiger partial charge in [0.1, 0.15) is 0 Å². The number of nitrogens with one attached hydrogen (secondary N) is 1. The number of nitrogens with two attached hydrogens (primary N) is 1. The van der Waals surface area contributed by atoms with E-state index in [0.29, 0.717) is 6.54 Å². The molecule has 0 saturated heterocycles. The van der Waals surface area contributed by atoms with Crippen LogP contribution in [0.2, 0.25) is 0 Å². The van der Waals surface area contributed by atoms with Gasteiger partial charge in [-0.3, -0.25) is 4.79 Å². The molecule has 0 spiro atoms. The van der Waals surface area contributed by atoms with Gasteiger partial charge in [-0.05, 0) is 24.0 Å². The minimum Gasteiger partial charge on any atom is -0.354 e. The fraction of sp³-hybridized carbons (Fsp3) is 0.350. The molecule has 3 N–H and O–H groups in total. The maximum atomic E-state index is 12.1. The van der Waals surface area contributed by atoms with Crippen LogP contribution in [0.5, 0.6) is 0 Å². The first-order chi connectivity index (χ1) is 11.2. The van der Waals surface area contributed by atoms with Gasteiger partial charge in [0.05, 0.1) is 6.04 Å². The quantitative estimate of drug-likeness (QED) is 0.786. The lowest BCUT2D eigenvalue weighted by Crippen LogP contribution is -2.42. The van der Waals surface area contributed by atoms with Crippen LogP contribution in [-0.4, -0.2) is 18.5 Å². The van der Waals surface area contributed by atoms with Crippen molar-refractivity contribution in [2.75, 3.05) is 6.54 Å². The van der Waals surface area contributed by atoms with E-state index in [1.54, 1.807) is 0 Å². The van der Waals surface area contributed by atoms with Crippen molar-refractivity contribution in [2.24, 2.45) is 5.73 Å². The molecule has 2 aromatic carbocycles. The molecule has 0 radical (unpaired) electrons. The first kappa shape index (κ1) is 17.2. The molecule has 3 heteroatoms. The van der Waals surface area contributed by atoms with E-state index < -0.39 is 6.04 Å². The Labute approximate surface area is 138 Å². The Bertz CT molecular complexity index is 583. The van der Waals surface area contributed by atoms with Crippen LogP contribution >= 0.6 is 0 Å². The summed E-state index contributed by atoms with van der Waals surface area (Å²) in [5.74, 6) is 0.192. The summed E-state index contributed by atoms with van der Waals surface area (Å²) in [6, 6.07) is 20.3. The topological polar surface area (TPSA) is 55.1 Å². The molecular formula is C20H26N2O. The van der Waals surface area contributed by atoms with Gasteiger partial charge in [0.25, 0.3) is 0 Å². The standard InChI is InChI=1S/C20H26N2O/c1-2-9-19(21)20(23)22-15-18(17-12-7-4-8-13-17)14-16-10-5-3-6-11-16/h3-8,10-13,18-19H,2,9,14-15,21H2,1H3,(H,22,23). The van der Waals surface area contributed by atoms with E-state index in [1.165, 1.54) is 11.1 Å². The summed E-state index contributed by atoms with van der Waals surface area (Å²) >= 11 is 0. The van der Waals surface area contributed by atoms with Crippen molar-refractivity contribution >= 4 is 5.91 Å². The summed E-state index contributed by atoms with van der Waals surface area (Å²) in [4.78, 5) is 12.1. The highest BCUT2D eigenvalue weighted by atomic mass is 16.2. The molecule has 0 fully saturated rings.